The smallest absolute Gasteiger partial charge is 0.254 e. The summed E-state index contributed by atoms with van der Waals surface area (Å²) in [6, 6.07) is 17.9. The summed E-state index contributed by atoms with van der Waals surface area (Å²) in [7, 11) is -3.51. The van der Waals surface area contributed by atoms with Gasteiger partial charge in [0.1, 0.15) is 0 Å². The van der Waals surface area contributed by atoms with Crippen LogP contribution in [0, 0.1) is 0 Å². The number of thiophene rings is 1. The summed E-state index contributed by atoms with van der Waals surface area (Å²) in [5.74, 6) is -0.126. The minimum atomic E-state index is -3.51. The van der Waals surface area contributed by atoms with Crippen LogP contribution in [0.25, 0.3) is 0 Å². The molecule has 1 saturated heterocycles. The molecule has 0 N–H and O–H groups in total. The molecule has 5 nitrogen and oxygen atoms in total. The maximum atomic E-state index is 13.5. The fraction of sp³-hybridized carbons (Fsp3) is 0.320. The average molecular weight is 503 g/mol. The number of hydrogen-bond donors (Lipinski definition) is 0. The summed E-state index contributed by atoms with van der Waals surface area (Å²) in [4.78, 5) is 16.8. The molecule has 1 aliphatic rings. The lowest BCUT2D eigenvalue weighted by Gasteiger charge is -2.29. The van der Waals surface area contributed by atoms with Gasteiger partial charge in [-0.15, -0.1) is 11.3 Å². The van der Waals surface area contributed by atoms with E-state index < -0.39 is 10.0 Å². The summed E-state index contributed by atoms with van der Waals surface area (Å²) in [5, 5.41) is 2.69. The fourth-order valence-corrected chi connectivity index (χ4v) is 6.53. The van der Waals surface area contributed by atoms with Gasteiger partial charge < -0.3 is 4.90 Å². The quantitative estimate of drug-likeness (QED) is 0.411. The zero-order valence-corrected chi connectivity index (χ0v) is 20.9. The molecule has 1 fully saturated rings. The van der Waals surface area contributed by atoms with E-state index in [-0.39, 0.29) is 16.8 Å². The largest absolute Gasteiger partial charge is 0.331 e. The Morgan fingerprint density at radius 1 is 1.06 bits per heavy atom. The topological polar surface area (TPSA) is 57.7 Å². The normalized spacial score (nSPS) is 15.5. The highest BCUT2D eigenvalue weighted by Crippen LogP contribution is 2.23. The summed E-state index contributed by atoms with van der Waals surface area (Å²) < 4.78 is 27.2. The van der Waals surface area contributed by atoms with E-state index in [0.29, 0.717) is 30.2 Å². The molecule has 0 unspecified atom stereocenters. The van der Waals surface area contributed by atoms with Crippen molar-refractivity contribution in [1.29, 1.82) is 0 Å². The Morgan fingerprint density at radius 2 is 1.73 bits per heavy atom. The molecular weight excluding hydrogens is 476 g/mol. The van der Waals surface area contributed by atoms with Crippen molar-refractivity contribution in [3.8, 4) is 0 Å². The van der Waals surface area contributed by atoms with Crippen molar-refractivity contribution >= 4 is 38.9 Å². The van der Waals surface area contributed by atoms with Gasteiger partial charge in [-0.05, 0) is 73.2 Å². The van der Waals surface area contributed by atoms with Gasteiger partial charge in [0.2, 0.25) is 10.0 Å². The highest BCUT2D eigenvalue weighted by molar-refractivity contribution is 7.89. The van der Waals surface area contributed by atoms with Gasteiger partial charge in [-0.2, -0.15) is 4.31 Å². The van der Waals surface area contributed by atoms with E-state index in [0.717, 1.165) is 24.8 Å². The Balaban J connectivity index is 1.57. The molecule has 4 rings (SSSR count). The van der Waals surface area contributed by atoms with E-state index in [2.05, 4.69) is 6.07 Å². The second kappa shape index (κ2) is 10.4. The van der Waals surface area contributed by atoms with Crippen LogP contribution >= 0.6 is 22.9 Å². The predicted octanol–water partition coefficient (Wildman–Crippen LogP) is 5.46. The zero-order valence-electron chi connectivity index (χ0n) is 18.5. The van der Waals surface area contributed by atoms with E-state index in [9.17, 15) is 13.2 Å². The van der Waals surface area contributed by atoms with Gasteiger partial charge >= 0.3 is 0 Å². The second-order valence-electron chi connectivity index (χ2n) is 8.33. The Kier molecular flexibility index (Phi) is 7.54. The van der Waals surface area contributed by atoms with E-state index in [1.807, 2.05) is 47.5 Å². The molecule has 0 saturated carbocycles. The first-order valence-corrected chi connectivity index (χ1v) is 13.7. The van der Waals surface area contributed by atoms with Crippen molar-refractivity contribution in [2.75, 3.05) is 13.1 Å². The van der Waals surface area contributed by atoms with Gasteiger partial charge in [0.15, 0.2) is 0 Å². The molecule has 1 amide bonds. The van der Waals surface area contributed by atoms with Crippen LogP contribution in [0.2, 0.25) is 5.02 Å². The van der Waals surface area contributed by atoms with Gasteiger partial charge in [0.05, 0.1) is 4.90 Å². The lowest BCUT2D eigenvalue weighted by atomic mass is 10.1. The van der Waals surface area contributed by atoms with E-state index >= 15 is 0 Å². The Bertz CT molecular complexity index is 1170. The molecule has 0 bridgehead atoms. The van der Waals surface area contributed by atoms with Crippen molar-refractivity contribution in [2.45, 2.75) is 43.7 Å². The summed E-state index contributed by atoms with van der Waals surface area (Å²) in [5.41, 5.74) is 1.46. The van der Waals surface area contributed by atoms with Crippen LogP contribution in [0.4, 0.5) is 0 Å². The van der Waals surface area contributed by atoms with Gasteiger partial charge in [-0.25, -0.2) is 8.42 Å². The molecule has 0 spiro atoms. The van der Waals surface area contributed by atoms with Crippen molar-refractivity contribution in [1.82, 2.24) is 9.21 Å². The predicted molar refractivity (Wildman–Crippen MR) is 133 cm³/mol. The van der Waals surface area contributed by atoms with Crippen molar-refractivity contribution in [3.63, 3.8) is 0 Å². The number of halogens is 1. The third-order valence-electron chi connectivity index (χ3n) is 5.94. The first-order valence-electron chi connectivity index (χ1n) is 11.0. The Hall–Kier alpha value is -2.19. The maximum absolute atomic E-state index is 13.5. The number of rotatable bonds is 8. The summed E-state index contributed by atoms with van der Waals surface area (Å²) in [6.07, 6.45) is 2.52. The van der Waals surface area contributed by atoms with Gasteiger partial charge in [-0.1, -0.05) is 29.8 Å². The number of nitrogens with zero attached hydrogens (tertiary/aromatic N) is 2. The molecule has 2 aromatic carbocycles. The third kappa shape index (κ3) is 5.66. The highest BCUT2D eigenvalue weighted by Gasteiger charge is 2.28. The van der Waals surface area contributed by atoms with Crippen LogP contribution in [0.5, 0.6) is 0 Å². The molecule has 2 heterocycles. The number of carbonyl (C=O) groups excluding carboxylic acids is 1. The molecule has 8 heteroatoms. The molecule has 0 aliphatic carbocycles. The standard InChI is InChI=1S/C25H27ClN2O3S2/c1-19(17-23-5-4-16-32-23)28(18-20-6-10-22(26)11-7-20)25(29)21-8-12-24(13-9-21)33(30,31)27-14-2-3-15-27/h4-13,16,19H,2-3,14-15,17-18H2,1H3/t19-/m0/s1. The third-order valence-corrected chi connectivity index (χ3v) is 9.00. The van der Waals surface area contributed by atoms with Crippen LogP contribution < -0.4 is 0 Å². The van der Waals surface area contributed by atoms with Crippen LogP contribution in [0.3, 0.4) is 0 Å². The number of sulfonamides is 1. The number of benzene rings is 2. The molecule has 1 aliphatic heterocycles. The SMILES string of the molecule is C[C@@H](Cc1cccs1)N(Cc1ccc(Cl)cc1)C(=O)c1ccc(S(=O)(=O)N2CCCC2)cc1. The fourth-order valence-electron chi connectivity index (χ4n) is 4.06. The number of carbonyl (C=O) groups is 1. The molecule has 3 aromatic rings. The van der Waals surface area contributed by atoms with Gasteiger partial charge in [-0.3, -0.25) is 4.79 Å². The van der Waals surface area contributed by atoms with Crippen LogP contribution in [-0.2, 0) is 23.0 Å². The molecule has 33 heavy (non-hydrogen) atoms. The van der Waals surface area contributed by atoms with E-state index in [4.69, 9.17) is 11.6 Å². The minimum Gasteiger partial charge on any atom is -0.331 e. The van der Waals surface area contributed by atoms with Crippen LogP contribution in [0.1, 0.15) is 40.6 Å². The van der Waals surface area contributed by atoms with E-state index in [1.165, 1.54) is 9.18 Å². The highest BCUT2D eigenvalue weighted by atomic mass is 35.5. The molecule has 174 valence electrons. The second-order valence-corrected chi connectivity index (χ2v) is 11.7. The van der Waals surface area contributed by atoms with Crippen LogP contribution in [-0.4, -0.2) is 42.7 Å². The van der Waals surface area contributed by atoms with Crippen molar-refractivity contribution in [3.05, 3.63) is 87.1 Å². The monoisotopic (exact) mass is 502 g/mol. The lowest BCUT2D eigenvalue weighted by Crippen LogP contribution is -2.39. The molecule has 0 radical (unpaired) electrons. The first-order chi connectivity index (χ1) is 15.8. The molecule has 1 aromatic heterocycles. The minimum absolute atomic E-state index is 0.0418. The van der Waals surface area contributed by atoms with Crippen LogP contribution in [0.15, 0.2) is 70.9 Å². The number of amides is 1. The van der Waals surface area contributed by atoms with Crippen molar-refractivity contribution in [2.24, 2.45) is 0 Å². The molecule has 1 atom stereocenters. The Morgan fingerprint density at radius 3 is 2.33 bits per heavy atom. The van der Waals surface area contributed by atoms with E-state index in [1.54, 1.807) is 35.6 Å². The average Bonchev–Trinajstić information content (AvgIpc) is 3.53. The first kappa shape index (κ1) is 24.0. The molecular formula is C25H27ClN2O3S2. The van der Waals surface area contributed by atoms with Gasteiger partial charge in [0, 0.05) is 47.6 Å². The van der Waals surface area contributed by atoms with Gasteiger partial charge in [0.25, 0.3) is 5.91 Å². The van der Waals surface area contributed by atoms with Crippen molar-refractivity contribution < 1.29 is 13.2 Å². The lowest BCUT2D eigenvalue weighted by molar-refractivity contribution is 0.0676. The number of hydrogen-bond acceptors (Lipinski definition) is 4. The zero-order chi connectivity index (χ0) is 23.4. The Labute approximate surface area is 204 Å². The maximum Gasteiger partial charge on any atom is 0.254 e. The summed E-state index contributed by atoms with van der Waals surface area (Å²) >= 11 is 7.71. The summed E-state index contributed by atoms with van der Waals surface area (Å²) in [6.45, 7) is 3.59.